The molecule has 2 aromatic heterocycles. The summed E-state index contributed by atoms with van der Waals surface area (Å²) >= 11 is 5.37. The Morgan fingerprint density at radius 3 is 2.38 bits per heavy atom. The molecule has 0 aliphatic carbocycles. The molecular formula is C20H15BrN2S. The van der Waals surface area contributed by atoms with Crippen LogP contribution in [0.1, 0.15) is 5.69 Å². The van der Waals surface area contributed by atoms with E-state index in [1.165, 1.54) is 10.4 Å². The highest BCUT2D eigenvalue weighted by Gasteiger charge is 2.13. The second-order valence-electron chi connectivity index (χ2n) is 5.57. The van der Waals surface area contributed by atoms with Gasteiger partial charge in [-0.3, -0.25) is 0 Å². The number of benzene rings is 2. The average Bonchev–Trinajstić information content (AvgIpc) is 3.23. The number of hydrogen-bond acceptors (Lipinski definition) is 2. The summed E-state index contributed by atoms with van der Waals surface area (Å²) in [6.45, 7) is 2.07. The second kappa shape index (κ2) is 6.38. The maximum absolute atomic E-state index is 4.82. The van der Waals surface area contributed by atoms with Crippen molar-refractivity contribution in [2.24, 2.45) is 0 Å². The second-order valence-corrected chi connectivity index (χ2v) is 7.51. The van der Waals surface area contributed by atoms with E-state index in [1.54, 1.807) is 11.3 Å². The average molecular weight is 395 g/mol. The van der Waals surface area contributed by atoms with Crippen LogP contribution < -0.4 is 0 Å². The van der Waals surface area contributed by atoms with E-state index in [-0.39, 0.29) is 0 Å². The van der Waals surface area contributed by atoms with Crippen molar-refractivity contribution in [1.29, 1.82) is 0 Å². The predicted molar refractivity (Wildman–Crippen MR) is 105 cm³/mol. The number of aryl methyl sites for hydroxylation is 1. The van der Waals surface area contributed by atoms with Crippen molar-refractivity contribution in [3.8, 4) is 32.4 Å². The molecule has 0 saturated carbocycles. The third kappa shape index (κ3) is 2.83. The number of H-pyrrole nitrogens is 1. The van der Waals surface area contributed by atoms with E-state index in [1.807, 2.05) is 24.3 Å². The summed E-state index contributed by atoms with van der Waals surface area (Å²) in [5, 5.41) is 0. The number of nitrogens with one attached hydrogen (secondary N) is 1. The van der Waals surface area contributed by atoms with Crippen molar-refractivity contribution < 1.29 is 0 Å². The largest absolute Gasteiger partial charge is 0.341 e. The number of hydrogen-bond donors (Lipinski definition) is 1. The Balaban J connectivity index is 1.72. The topological polar surface area (TPSA) is 28.7 Å². The maximum Gasteiger partial charge on any atom is 0.148 e. The zero-order valence-corrected chi connectivity index (χ0v) is 15.5. The summed E-state index contributed by atoms with van der Waals surface area (Å²) < 4.78 is 1.11. The molecule has 4 heteroatoms. The highest BCUT2D eigenvalue weighted by atomic mass is 79.9. The van der Waals surface area contributed by atoms with E-state index in [0.29, 0.717) is 0 Å². The molecule has 1 N–H and O–H groups in total. The Bertz CT molecular complexity index is 986. The Labute approximate surface area is 153 Å². The van der Waals surface area contributed by atoms with Crippen molar-refractivity contribution in [3.05, 3.63) is 76.9 Å². The summed E-state index contributed by atoms with van der Waals surface area (Å²) in [6, 6.07) is 22.9. The van der Waals surface area contributed by atoms with Gasteiger partial charge in [-0.15, -0.1) is 11.3 Å². The lowest BCUT2D eigenvalue weighted by Gasteiger charge is -1.99. The first-order valence-electron chi connectivity index (χ1n) is 7.69. The molecule has 0 spiro atoms. The van der Waals surface area contributed by atoms with Crippen LogP contribution in [0.2, 0.25) is 0 Å². The number of aromatic nitrogens is 2. The van der Waals surface area contributed by atoms with Gasteiger partial charge in [0, 0.05) is 26.2 Å². The molecule has 0 unspecified atom stereocenters. The summed E-state index contributed by atoms with van der Waals surface area (Å²) in [6.07, 6.45) is 0. The molecule has 2 nitrogen and oxygen atoms in total. The van der Waals surface area contributed by atoms with Crippen LogP contribution in [0.3, 0.4) is 0 Å². The number of imidazole rings is 1. The third-order valence-electron chi connectivity index (χ3n) is 3.91. The van der Waals surface area contributed by atoms with Gasteiger partial charge in [-0.25, -0.2) is 4.98 Å². The molecule has 118 valence electrons. The molecule has 0 aliphatic rings. The van der Waals surface area contributed by atoms with Crippen molar-refractivity contribution >= 4 is 27.3 Å². The SMILES string of the molecule is Cc1[nH]c(-c2ccc(-c3ccccc3Br)s2)nc1-c1ccccc1. The van der Waals surface area contributed by atoms with E-state index in [4.69, 9.17) is 4.98 Å². The summed E-state index contributed by atoms with van der Waals surface area (Å²) in [5.41, 5.74) is 4.45. The van der Waals surface area contributed by atoms with Crippen LogP contribution in [0.5, 0.6) is 0 Å². The maximum atomic E-state index is 4.82. The molecule has 0 atom stereocenters. The quantitative estimate of drug-likeness (QED) is 0.419. The van der Waals surface area contributed by atoms with Crippen LogP contribution >= 0.6 is 27.3 Å². The number of rotatable bonds is 3. The van der Waals surface area contributed by atoms with E-state index in [9.17, 15) is 0 Å². The lowest BCUT2D eigenvalue weighted by atomic mass is 10.1. The fourth-order valence-corrected chi connectivity index (χ4v) is 4.35. The van der Waals surface area contributed by atoms with E-state index in [2.05, 4.69) is 70.3 Å². The van der Waals surface area contributed by atoms with Crippen molar-refractivity contribution in [1.82, 2.24) is 9.97 Å². The van der Waals surface area contributed by atoms with Crippen molar-refractivity contribution in [3.63, 3.8) is 0 Å². The van der Waals surface area contributed by atoms with Gasteiger partial charge >= 0.3 is 0 Å². The van der Waals surface area contributed by atoms with E-state index < -0.39 is 0 Å². The fraction of sp³-hybridized carbons (Fsp3) is 0.0500. The number of nitrogens with zero attached hydrogens (tertiary/aromatic N) is 1. The van der Waals surface area contributed by atoms with Gasteiger partial charge < -0.3 is 4.98 Å². The molecule has 24 heavy (non-hydrogen) atoms. The van der Waals surface area contributed by atoms with Crippen LogP contribution in [0.4, 0.5) is 0 Å². The van der Waals surface area contributed by atoms with Gasteiger partial charge in [0.1, 0.15) is 5.82 Å². The zero-order valence-electron chi connectivity index (χ0n) is 13.1. The standard InChI is InChI=1S/C20H15BrN2S/c1-13-19(14-7-3-2-4-8-14)23-20(22-13)18-12-11-17(24-18)15-9-5-6-10-16(15)21/h2-12H,1H3,(H,22,23). The van der Waals surface area contributed by atoms with Gasteiger partial charge in [-0.05, 0) is 25.1 Å². The minimum Gasteiger partial charge on any atom is -0.341 e. The molecule has 2 aromatic carbocycles. The van der Waals surface area contributed by atoms with Gasteiger partial charge in [0.15, 0.2) is 0 Å². The molecule has 0 amide bonds. The minimum absolute atomic E-state index is 0.926. The number of aromatic amines is 1. The lowest BCUT2D eigenvalue weighted by Crippen LogP contribution is -1.79. The highest BCUT2D eigenvalue weighted by molar-refractivity contribution is 9.10. The first kappa shape index (κ1) is 15.4. The van der Waals surface area contributed by atoms with Crippen LogP contribution in [0.15, 0.2) is 71.2 Å². The lowest BCUT2D eigenvalue weighted by molar-refractivity contribution is 1.26. The molecule has 0 radical (unpaired) electrons. The van der Waals surface area contributed by atoms with Crippen molar-refractivity contribution in [2.75, 3.05) is 0 Å². The molecule has 0 bridgehead atoms. The van der Waals surface area contributed by atoms with E-state index >= 15 is 0 Å². The van der Waals surface area contributed by atoms with Gasteiger partial charge in [0.2, 0.25) is 0 Å². The summed E-state index contributed by atoms with van der Waals surface area (Å²) in [5.74, 6) is 0.926. The molecule has 4 aromatic rings. The minimum atomic E-state index is 0.926. The molecule has 0 saturated heterocycles. The predicted octanol–water partition coefficient (Wildman–Crippen LogP) is 6.54. The fourth-order valence-electron chi connectivity index (χ4n) is 2.73. The van der Waals surface area contributed by atoms with Crippen LogP contribution in [0, 0.1) is 6.92 Å². The van der Waals surface area contributed by atoms with Gasteiger partial charge in [0.05, 0.1) is 10.6 Å². The van der Waals surface area contributed by atoms with Crippen LogP contribution in [0.25, 0.3) is 32.4 Å². The Hall–Kier alpha value is -2.17. The Morgan fingerprint density at radius 1 is 0.875 bits per heavy atom. The molecular weight excluding hydrogens is 380 g/mol. The van der Waals surface area contributed by atoms with Crippen molar-refractivity contribution in [2.45, 2.75) is 6.92 Å². The summed E-state index contributed by atoms with van der Waals surface area (Å²) in [7, 11) is 0. The van der Waals surface area contributed by atoms with Crippen LogP contribution in [-0.4, -0.2) is 9.97 Å². The van der Waals surface area contributed by atoms with Gasteiger partial charge in [-0.1, -0.05) is 64.5 Å². The molecule has 0 aliphatic heterocycles. The zero-order chi connectivity index (χ0) is 16.5. The first-order valence-corrected chi connectivity index (χ1v) is 9.30. The molecule has 0 fully saturated rings. The Morgan fingerprint density at radius 2 is 1.58 bits per heavy atom. The smallest absolute Gasteiger partial charge is 0.148 e. The van der Waals surface area contributed by atoms with Gasteiger partial charge in [0.25, 0.3) is 0 Å². The third-order valence-corrected chi connectivity index (χ3v) is 5.73. The number of thiophene rings is 1. The number of halogens is 1. The molecule has 2 heterocycles. The summed E-state index contributed by atoms with van der Waals surface area (Å²) in [4.78, 5) is 10.6. The monoisotopic (exact) mass is 394 g/mol. The normalized spacial score (nSPS) is 10.9. The van der Waals surface area contributed by atoms with Crippen LogP contribution in [-0.2, 0) is 0 Å². The first-order chi connectivity index (χ1) is 11.7. The highest BCUT2D eigenvalue weighted by Crippen LogP contribution is 2.37. The Kier molecular flexibility index (Phi) is 4.08. The van der Waals surface area contributed by atoms with E-state index in [0.717, 1.165) is 32.1 Å². The van der Waals surface area contributed by atoms with Gasteiger partial charge in [-0.2, -0.15) is 0 Å². The molecule has 4 rings (SSSR count).